The molecule has 1 aromatic heterocycles. The van der Waals surface area contributed by atoms with Gasteiger partial charge in [0.25, 0.3) is 0 Å². The number of guanidine groups is 1. The molecule has 0 radical (unpaired) electrons. The van der Waals surface area contributed by atoms with Gasteiger partial charge in [-0.05, 0) is 23.8 Å². The molecule has 164 valence electrons. The van der Waals surface area contributed by atoms with E-state index in [2.05, 4.69) is 42.2 Å². The number of halogens is 1. The number of aliphatic imine (C=N–C) groups is 1. The van der Waals surface area contributed by atoms with Crippen molar-refractivity contribution in [2.24, 2.45) is 4.99 Å². The van der Waals surface area contributed by atoms with Gasteiger partial charge in [0, 0.05) is 72.3 Å². The summed E-state index contributed by atoms with van der Waals surface area (Å²) in [4.78, 5) is 17.6. The van der Waals surface area contributed by atoms with E-state index in [-0.39, 0.29) is 24.0 Å². The Hall–Kier alpha value is -2.14. The van der Waals surface area contributed by atoms with Crippen LogP contribution in [0.3, 0.4) is 0 Å². The van der Waals surface area contributed by atoms with Gasteiger partial charge >= 0.3 is 0 Å². The molecule has 30 heavy (non-hydrogen) atoms. The molecule has 0 aliphatic carbocycles. The molecule has 0 spiro atoms. The number of benzene rings is 1. The fraction of sp³-hybridized carbons (Fsp3) is 0.476. The van der Waals surface area contributed by atoms with Crippen molar-refractivity contribution in [1.82, 2.24) is 20.2 Å². The minimum atomic E-state index is 0. The molecule has 0 amide bonds. The molecule has 2 heterocycles. The predicted molar refractivity (Wildman–Crippen MR) is 130 cm³/mol. The van der Waals surface area contributed by atoms with E-state index in [1.54, 1.807) is 19.5 Å². The van der Waals surface area contributed by atoms with Crippen molar-refractivity contribution in [2.45, 2.75) is 13.0 Å². The highest BCUT2D eigenvalue weighted by molar-refractivity contribution is 14.0. The molecule has 0 saturated carbocycles. The highest BCUT2D eigenvalue weighted by Crippen LogP contribution is 2.14. The van der Waals surface area contributed by atoms with E-state index in [9.17, 15) is 0 Å². The first-order chi connectivity index (χ1) is 14.3. The monoisotopic (exact) mass is 526 g/mol. The molecule has 1 N–H and O–H groups in total. The third-order valence-electron chi connectivity index (χ3n) is 4.74. The highest BCUT2D eigenvalue weighted by atomic mass is 127. The van der Waals surface area contributed by atoms with Gasteiger partial charge in [-0.25, -0.2) is 9.97 Å². The summed E-state index contributed by atoms with van der Waals surface area (Å²) in [6, 6.07) is 10.00. The van der Waals surface area contributed by atoms with Crippen molar-refractivity contribution in [2.75, 3.05) is 58.5 Å². The third-order valence-corrected chi connectivity index (χ3v) is 4.74. The molecular weight excluding hydrogens is 495 g/mol. The second kappa shape index (κ2) is 13.2. The number of methoxy groups -OCH3 is 1. The minimum absolute atomic E-state index is 0. The Morgan fingerprint density at radius 1 is 1.10 bits per heavy atom. The van der Waals surface area contributed by atoms with Crippen LogP contribution >= 0.6 is 24.0 Å². The first-order valence-electron chi connectivity index (χ1n) is 9.98. The van der Waals surface area contributed by atoms with E-state index < -0.39 is 0 Å². The largest absolute Gasteiger partial charge is 0.493 e. The molecule has 1 aliphatic rings. The van der Waals surface area contributed by atoms with Gasteiger partial charge < -0.3 is 24.6 Å². The lowest BCUT2D eigenvalue weighted by Gasteiger charge is -2.36. The predicted octanol–water partition coefficient (Wildman–Crippen LogP) is 2.41. The van der Waals surface area contributed by atoms with Crippen LogP contribution < -0.4 is 15.0 Å². The number of nitrogens with one attached hydrogen (secondary N) is 1. The second-order valence-electron chi connectivity index (χ2n) is 6.77. The second-order valence-corrected chi connectivity index (χ2v) is 6.77. The molecule has 2 aromatic rings. The summed E-state index contributed by atoms with van der Waals surface area (Å²) in [6.07, 6.45) is 4.45. The zero-order valence-corrected chi connectivity index (χ0v) is 20.0. The maximum Gasteiger partial charge on any atom is 0.225 e. The Morgan fingerprint density at radius 2 is 1.87 bits per heavy atom. The highest BCUT2D eigenvalue weighted by Gasteiger charge is 2.20. The number of anilines is 1. The van der Waals surface area contributed by atoms with Crippen LogP contribution in [0, 0.1) is 0 Å². The number of hydrogen-bond donors (Lipinski definition) is 1. The van der Waals surface area contributed by atoms with Crippen LogP contribution in [-0.2, 0) is 11.3 Å². The maximum atomic E-state index is 5.79. The minimum Gasteiger partial charge on any atom is -0.493 e. The Kier molecular flexibility index (Phi) is 10.6. The van der Waals surface area contributed by atoms with Crippen molar-refractivity contribution in [3.63, 3.8) is 0 Å². The molecular formula is C21H31IN6O2. The smallest absolute Gasteiger partial charge is 0.225 e. The van der Waals surface area contributed by atoms with E-state index in [0.717, 1.165) is 55.8 Å². The Morgan fingerprint density at radius 3 is 2.57 bits per heavy atom. The van der Waals surface area contributed by atoms with Crippen LogP contribution in [0.1, 0.15) is 12.0 Å². The quantitative estimate of drug-likeness (QED) is 0.245. The topological polar surface area (TPSA) is 75.1 Å². The van der Waals surface area contributed by atoms with Gasteiger partial charge in [0.05, 0.1) is 6.61 Å². The molecule has 1 fully saturated rings. The molecule has 0 bridgehead atoms. The molecule has 0 unspecified atom stereocenters. The van der Waals surface area contributed by atoms with Gasteiger partial charge in [0.1, 0.15) is 5.75 Å². The van der Waals surface area contributed by atoms with Gasteiger partial charge in [0.15, 0.2) is 5.96 Å². The number of piperazine rings is 1. The summed E-state index contributed by atoms with van der Waals surface area (Å²) in [7, 11) is 3.53. The first kappa shape index (κ1) is 24.1. The summed E-state index contributed by atoms with van der Waals surface area (Å²) in [5, 5.41) is 3.46. The van der Waals surface area contributed by atoms with Crippen LogP contribution in [0.2, 0.25) is 0 Å². The van der Waals surface area contributed by atoms with Crippen LogP contribution in [0.15, 0.2) is 47.7 Å². The molecule has 1 aromatic carbocycles. The summed E-state index contributed by atoms with van der Waals surface area (Å²) >= 11 is 0. The lowest BCUT2D eigenvalue weighted by molar-refractivity contribution is 0.172. The van der Waals surface area contributed by atoms with Crippen LogP contribution in [0.5, 0.6) is 5.75 Å². The molecule has 0 atom stereocenters. The number of ether oxygens (including phenoxy) is 2. The zero-order valence-electron chi connectivity index (χ0n) is 17.7. The standard InChI is InChI=1S/C21H30N6O2.HI/c1-22-20(26-10-12-27(13-11-26)21-23-8-4-9-24-21)25-17-18-6-3-7-19(16-18)29-15-5-14-28-2;/h3-4,6-9,16H,5,10-15,17H2,1-2H3,(H,22,25);1H. The molecule has 3 rings (SSSR count). The summed E-state index contributed by atoms with van der Waals surface area (Å²) in [5.74, 6) is 2.58. The van der Waals surface area contributed by atoms with Crippen LogP contribution in [0.25, 0.3) is 0 Å². The van der Waals surface area contributed by atoms with Crippen molar-refractivity contribution in [1.29, 1.82) is 0 Å². The van der Waals surface area contributed by atoms with Crippen molar-refractivity contribution < 1.29 is 9.47 Å². The normalized spacial score (nSPS) is 14.3. The van der Waals surface area contributed by atoms with Crippen molar-refractivity contribution >= 4 is 35.9 Å². The Balaban J connectivity index is 0.00000320. The molecule has 1 aliphatic heterocycles. The number of rotatable bonds is 8. The van der Waals surface area contributed by atoms with E-state index in [0.29, 0.717) is 19.8 Å². The average Bonchev–Trinajstić information content (AvgIpc) is 2.78. The van der Waals surface area contributed by atoms with Gasteiger partial charge in [-0.2, -0.15) is 0 Å². The van der Waals surface area contributed by atoms with Gasteiger partial charge in [-0.3, -0.25) is 4.99 Å². The van der Waals surface area contributed by atoms with Gasteiger partial charge in [0.2, 0.25) is 5.95 Å². The van der Waals surface area contributed by atoms with Gasteiger partial charge in [-0.1, -0.05) is 12.1 Å². The maximum absolute atomic E-state index is 5.79. The fourth-order valence-corrected chi connectivity index (χ4v) is 3.22. The Bertz CT molecular complexity index is 769. The van der Waals surface area contributed by atoms with E-state index >= 15 is 0 Å². The zero-order chi connectivity index (χ0) is 20.3. The van der Waals surface area contributed by atoms with Gasteiger partial charge in [-0.15, -0.1) is 24.0 Å². The molecule has 1 saturated heterocycles. The first-order valence-corrected chi connectivity index (χ1v) is 9.98. The van der Waals surface area contributed by atoms with E-state index in [1.165, 1.54) is 0 Å². The van der Waals surface area contributed by atoms with E-state index in [4.69, 9.17) is 9.47 Å². The third kappa shape index (κ3) is 7.28. The summed E-state index contributed by atoms with van der Waals surface area (Å²) in [6.45, 7) is 5.55. The lowest BCUT2D eigenvalue weighted by Crippen LogP contribution is -2.52. The number of hydrogen-bond acceptors (Lipinski definition) is 6. The number of aromatic nitrogens is 2. The fourth-order valence-electron chi connectivity index (χ4n) is 3.22. The van der Waals surface area contributed by atoms with Crippen LogP contribution in [-0.4, -0.2) is 74.4 Å². The lowest BCUT2D eigenvalue weighted by atomic mass is 10.2. The molecule has 9 heteroatoms. The number of nitrogens with zero attached hydrogens (tertiary/aromatic N) is 5. The van der Waals surface area contributed by atoms with Crippen LogP contribution in [0.4, 0.5) is 5.95 Å². The average molecular weight is 526 g/mol. The Labute approximate surface area is 195 Å². The van der Waals surface area contributed by atoms with Crippen molar-refractivity contribution in [3.05, 3.63) is 48.3 Å². The summed E-state index contributed by atoms with van der Waals surface area (Å²) < 4.78 is 10.8. The van der Waals surface area contributed by atoms with E-state index in [1.807, 2.05) is 25.2 Å². The SMILES string of the molecule is CN=C(NCc1cccc(OCCCOC)c1)N1CCN(c2ncccn2)CC1.I. The summed E-state index contributed by atoms with van der Waals surface area (Å²) in [5.41, 5.74) is 1.16. The molecule has 8 nitrogen and oxygen atoms in total. The van der Waals surface area contributed by atoms with Crippen molar-refractivity contribution in [3.8, 4) is 5.75 Å².